The van der Waals surface area contributed by atoms with E-state index in [1.807, 2.05) is 13.8 Å². The molecule has 0 bridgehead atoms. The first-order valence-electron chi connectivity index (χ1n) is 5.20. The Morgan fingerprint density at radius 3 is 2.18 bits per heavy atom. The average molecular weight is 255 g/mol. The number of esters is 1. The van der Waals surface area contributed by atoms with Crippen LogP contribution in [0.25, 0.3) is 0 Å². The van der Waals surface area contributed by atoms with Crippen LogP contribution in [0.2, 0.25) is 0 Å². The van der Waals surface area contributed by atoms with E-state index >= 15 is 0 Å². The van der Waals surface area contributed by atoms with E-state index in [0.717, 1.165) is 4.90 Å². The summed E-state index contributed by atoms with van der Waals surface area (Å²) >= 11 is 0. The fourth-order valence-electron chi connectivity index (χ4n) is 1.13. The predicted molar refractivity (Wildman–Crippen MR) is 54.1 cm³/mol. The number of rotatable bonds is 4. The third-order valence-electron chi connectivity index (χ3n) is 1.80. The summed E-state index contributed by atoms with van der Waals surface area (Å²) in [6.07, 6.45) is -4.62. The Hall–Kier alpha value is -1.27. The third-order valence-corrected chi connectivity index (χ3v) is 1.80. The molecule has 0 aliphatic rings. The number of alkyl halides is 3. The largest absolute Gasteiger partial charge is 0.449 e. The zero-order valence-electron chi connectivity index (χ0n) is 10.0. The normalized spacial score (nSPS) is 11.5. The minimum Gasteiger partial charge on any atom is -0.449 e. The van der Waals surface area contributed by atoms with Gasteiger partial charge in [-0.15, -0.1) is 0 Å². The van der Waals surface area contributed by atoms with Crippen molar-refractivity contribution in [1.29, 1.82) is 0 Å². The van der Waals surface area contributed by atoms with Crippen LogP contribution in [0, 0.1) is 5.92 Å². The van der Waals surface area contributed by atoms with Crippen molar-refractivity contribution in [2.75, 3.05) is 19.7 Å². The highest BCUT2D eigenvalue weighted by molar-refractivity contribution is 6.32. The minimum absolute atomic E-state index is 0.120. The molecule has 0 saturated carbocycles. The molecule has 0 aromatic rings. The van der Waals surface area contributed by atoms with Crippen LogP contribution >= 0.6 is 0 Å². The predicted octanol–water partition coefficient (Wildman–Crippen LogP) is 1.60. The Balaban J connectivity index is 4.32. The molecule has 0 rings (SSSR count). The second kappa shape index (κ2) is 6.46. The van der Waals surface area contributed by atoms with Crippen molar-refractivity contribution >= 4 is 11.9 Å². The average Bonchev–Trinajstić information content (AvgIpc) is 2.20. The van der Waals surface area contributed by atoms with Crippen molar-refractivity contribution in [1.82, 2.24) is 4.90 Å². The number of amides is 1. The molecular weight excluding hydrogens is 239 g/mol. The van der Waals surface area contributed by atoms with Gasteiger partial charge in [0, 0.05) is 13.1 Å². The Kier molecular flexibility index (Phi) is 5.98. The summed E-state index contributed by atoms with van der Waals surface area (Å²) in [5, 5.41) is 0. The minimum atomic E-state index is -4.62. The van der Waals surface area contributed by atoms with Gasteiger partial charge in [-0.25, -0.2) is 4.79 Å². The van der Waals surface area contributed by atoms with E-state index in [1.54, 1.807) is 6.92 Å². The van der Waals surface area contributed by atoms with Crippen LogP contribution in [-0.2, 0) is 14.3 Å². The molecule has 0 aliphatic heterocycles. The lowest BCUT2D eigenvalue weighted by Crippen LogP contribution is -2.40. The summed E-state index contributed by atoms with van der Waals surface area (Å²) < 4.78 is 39.2. The summed E-state index contributed by atoms with van der Waals surface area (Å²) in [4.78, 5) is 23.6. The molecular formula is C10H16F3NO3. The van der Waals surface area contributed by atoms with Crippen molar-refractivity contribution in [2.45, 2.75) is 26.9 Å². The van der Waals surface area contributed by atoms with Gasteiger partial charge in [0.2, 0.25) is 0 Å². The van der Waals surface area contributed by atoms with Crippen molar-refractivity contribution < 1.29 is 27.5 Å². The number of halogens is 3. The monoisotopic (exact) mass is 255 g/mol. The number of carbonyl (C=O) groups is 2. The SMILES string of the molecule is CCN(CC(C)C)C(=O)C(=O)OCC(F)(F)F. The Labute approximate surface area is 97.7 Å². The summed E-state index contributed by atoms with van der Waals surface area (Å²) in [5.74, 6) is -2.38. The molecule has 7 heteroatoms. The summed E-state index contributed by atoms with van der Waals surface area (Å²) in [6.45, 7) is 4.11. The highest BCUT2D eigenvalue weighted by Gasteiger charge is 2.32. The van der Waals surface area contributed by atoms with Gasteiger partial charge in [0.05, 0.1) is 0 Å². The van der Waals surface area contributed by atoms with Gasteiger partial charge in [-0.3, -0.25) is 4.79 Å². The first-order chi connectivity index (χ1) is 7.67. The van der Waals surface area contributed by atoms with Crippen LogP contribution in [0.5, 0.6) is 0 Å². The molecule has 0 heterocycles. The maximum atomic E-state index is 11.8. The number of nitrogens with zero attached hydrogens (tertiary/aromatic N) is 1. The zero-order valence-corrected chi connectivity index (χ0v) is 10.0. The molecule has 0 aliphatic carbocycles. The topological polar surface area (TPSA) is 46.6 Å². The molecule has 0 spiro atoms. The maximum Gasteiger partial charge on any atom is 0.422 e. The van der Waals surface area contributed by atoms with Gasteiger partial charge in [-0.05, 0) is 12.8 Å². The van der Waals surface area contributed by atoms with Crippen molar-refractivity contribution in [3.63, 3.8) is 0 Å². The van der Waals surface area contributed by atoms with Crippen molar-refractivity contribution in [3.8, 4) is 0 Å². The van der Waals surface area contributed by atoms with Gasteiger partial charge >= 0.3 is 18.1 Å². The van der Waals surface area contributed by atoms with Crippen LogP contribution in [-0.4, -0.2) is 42.6 Å². The summed E-state index contributed by atoms with van der Waals surface area (Å²) in [6, 6.07) is 0. The quantitative estimate of drug-likeness (QED) is 0.566. The lowest BCUT2D eigenvalue weighted by atomic mass is 10.2. The van der Waals surface area contributed by atoms with Crippen molar-refractivity contribution in [2.24, 2.45) is 5.92 Å². The van der Waals surface area contributed by atoms with E-state index in [2.05, 4.69) is 4.74 Å². The molecule has 0 unspecified atom stereocenters. The summed E-state index contributed by atoms with van der Waals surface area (Å²) in [7, 11) is 0. The highest BCUT2D eigenvalue weighted by atomic mass is 19.4. The third kappa shape index (κ3) is 6.80. The zero-order chi connectivity index (χ0) is 13.6. The number of hydrogen-bond acceptors (Lipinski definition) is 3. The van der Waals surface area contributed by atoms with E-state index in [-0.39, 0.29) is 12.5 Å². The molecule has 0 saturated heterocycles. The Morgan fingerprint density at radius 1 is 1.29 bits per heavy atom. The Bertz CT molecular complexity index is 276. The van der Waals surface area contributed by atoms with E-state index in [9.17, 15) is 22.8 Å². The smallest absolute Gasteiger partial charge is 0.422 e. The molecule has 4 nitrogen and oxygen atoms in total. The molecule has 0 radical (unpaired) electrons. The fraction of sp³-hybridized carbons (Fsp3) is 0.800. The van der Waals surface area contributed by atoms with Crippen LogP contribution < -0.4 is 0 Å². The maximum absolute atomic E-state index is 11.8. The first kappa shape index (κ1) is 15.7. The van der Waals surface area contributed by atoms with Crippen LogP contribution in [0.4, 0.5) is 13.2 Å². The van der Waals surface area contributed by atoms with Crippen molar-refractivity contribution in [3.05, 3.63) is 0 Å². The van der Waals surface area contributed by atoms with Gasteiger partial charge in [0.1, 0.15) is 0 Å². The Morgan fingerprint density at radius 2 is 1.82 bits per heavy atom. The van der Waals surface area contributed by atoms with Gasteiger partial charge < -0.3 is 9.64 Å². The van der Waals surface area contributed by atoms with E-state index < -0.39 is 24.7 Å². The fourth-order valence-corrected chi connectivity index (χ4v) is 1.13. The van der Waals surface area contributed by atoms with E-state index in [0.29, 0.717) is 6.54 Å². The molecule has 1 amide bonds. The number of likely N-dealkylation sites (N-methyl/N-ethyl adjacent to an activating group) is 1. The summed E-state index contributed by atoms with van der Waals surface area (Å²) in [5.41, 5.74) is 0. The molecule has 100 valence electrons. The number of carbonyl (C=O) groups excluding carboxylic acids is 2. The number of ether oxygens (including phenoxy) is 1. The van der Waals surface area contributed by atoms with E-state index in [4.69, 9.17) is 0 Å². The van der Waals surface area contributed by atoms with Crippen LogP contribution in [0.3, 0.4) is 0 Å². The van der Waals surface area contributed by atoms with Gasteiger partial charge in [-0.2, -0.15) is 13.2 Å². The van der Waals surface area contributed by atoms with Crippen LogP contribution in [0.1, 0.15) is 20.8 Å². The number of hydrogen-bond donors (Lipinski definition) is 0. The van der Waals surface area contributed by atoms with Gasteiger partial charge in [-0.1, -0.05) is 13.8 Å². The molecule has 17 heavy (non-hydrogen) atoms. The second-order valence-electron chi connectivity index (χ2n) is 3.93. The molecule has 0 atom stereocenters. The van der Waals surface area contributed by atoms with E-state index in [1.165, 1.54) is 0 Å². The second-order valence-corrected chi connectivity index (χ2v) is 3.93. The lowest BCUT2D eigenvalue weighted by molar-refractivity contribution is -0.189. The lowest BCUT2D eigenvalue weighted by Gasteiger charge is -2.21. The first-order valence-corrected chi connectivity index (χ1v) is 5.20. The molecule has 0 aromatic carbocycles. The van der Waals surface area contributed by atoms with Gasteiger partial charge in [0.15, 0.2) is 6.61 Å². The van der Waals surface area contributed by atoms with Crippen LogP contribution in [0.15, 0.2) is 0 Å². The highest BCUT2D eigenvalue weighted by Crippen LogP contribution is 2.14. The standard InChI is InChI=1S/C10H16F3NO3/c1-4-14(5-7(2)3)8(15)9(16)17-6-10(11,12)13/h7H,4-6H2,1-3H3. The molecule has 0 fully saturated rings. The molecule has 0 aromatic heterocycles. The van der Waals surface area contributed by atoms with Gasteiger partial charge in [0.25, 0.3) is 0 Å². The molecule has 0 N–H and O–H groups in total.